The molecule has 1 aromatic rings. The topological polar surface area (TPSA) is 32.3 Å². The quantitative estimate of drug-likeness (QED) is 0.615. The molecule has 1 heterocycles. The standard InChI is InChI=1S/C17H21F3N2O/c1-2-10-22-15(6-7-16(22)23)8-9-21-12-13-4-3-5-14(11-13)17(18,19)20/h2-5,11,15,21H,1,6-10,12H2. The van der Waals surface area contributed by atoms with Crippen LogP contribution in [0.1, 0.15) is 30.4 Å². The Balaban J connectivity index is 1.79. The number of rotatable bonds is 7. The SMILES string of the molecule is C=CCN1C(=O)CCC1CCNCc1cccc(C(F)(F)F)c1. The van der Waals surface area contributed by atoms with Crippen molar-refractivity contribution in [3.05, 3.63) is 48.0 Å². The van der Waals surface area contributed by atoms with Crippen LogP contribution in [0.3, 0.4) is 0 Å². The van der Waals surface area contributed by atoms with Crippen molar-refractivity contribution in [3.63, 3.8) is 0 Å². The second-order valence-corrected chi connectivity index (χ2v) is 5.69. The molecule has 1 N–H and O–H groups in total. The number of alkyl halides is 3. The molecule has 1 amide bonds. The number of carbonyl (C=O) groups excluding carboxylic acids is 1. The minimum Gasteiger partial charge on any atom is -0.336 e. The first kappa shape index (κ1) is 17.5. The van der Waals surface area contributed by atoms with Gasteiger partial charge in [0.2, 0.25) is 5.91 Å². The van der Waals surface area contributed by atoms with E-state index in [0.29, 0.717) is 31.6 Å². The van der Waals surface area contributed by atoms with Gasteiger partial charge in [-0.25, -0.2) is 0 Å². The van der Waals surface area contributed by atoms with Crippen molar-refractivity contribution >= 4 is 5.91 Å². The molecule has 0 aliphatic carbocycles. The average Bonchev–Trinajstić information content (AvgIpc) is 2.85. The maximum atomic E-state index is 12.6. The van der Waals surface area contributed by atoms with Crippen molar-refractivity contribution in [2.75, 3.05) is 13.1 Å². The summed E-state index contributed by atoms with van der Waals surface area (Å²) >= 11 is 0. The molecule has 0 bridgehead atoms. The van der Waals surface area contributed by atoms with Gasteiger partial charge in [-0.15, -0.1) is 6.58 Å². The third-order valence-corrected chi connectivity index (χ3v) is 4.02. The molecule has 1 fully saturated rings. The zero-order valence-corrected chi connectivity index (χ0v) is 12.9. The van der Waals surface area contributed by atoms with Crippen molar-refractivity contribution in [2.45, 2.75) is 38.0 Å². The summed E-state index contributed by atoms with van der Waals surface area (Å²) in [6.07, 6.45) is -0.416. The summed E-state index contributed by atoms with van der Waals surface area (Å²) in [4.78, 5) is 13.5. The first-order valence-corrected chi connectivity index (χ1v) is 7.69. The van der Waals surface area contributed by atoms with Gasteiger partial charge in [0.1, 0.15) is 0 Å². The summed E-state index contributed by atoms with van der Waals surface area (Å²) in [5, 5.41) is 3.15. The van der Waals surface area contributed by atoms with Gasteiger partial charge >= 0.3 is 6.18 Å². The number of carbonyl (C=O) groups is 1. The van der Waals surface area contributed by atoms with Crippen molar-refractivity contribution in [2.24, 2.45) is 0 Å². The summed E-state index contributed by atoms with van der Waals surface area (Å²) in [6.45, 7) is 5.24. The van der Waals surface area contributed by atoms with Crippen LogP contribution in [0.15, 0.2) is 36.9 Å². The lowest BCUT2D eigenvalue weighted by atomic mass is 10.1. The highest BCUT2D eigenvalue weighted by Gasteiger charge is 2.30. The Bertz CT molecular complexity index is 557. The van der Waals surface area contributed by atoms with E-state index in [4.69, 9.17) is 0 Å². The highest BCUT2D eigenvalue weighted by molar-refractivity contribution is 5.78. The van der Waals surface area contributed by atoms with Gasteiger partial charge in [0, 0.05) is 25.6 Å². The van der Waals surface area contributed by atoms with E-state index in [2.05, 4.69) is 11.9 Å². The predicted octanol–water partition coefficient (Wildman–Crippen LogP) is 3.36. The molecule has 0 saturated carbocycles. The molecule has 0 spiro atoms. The van der Waals surface area contributed by atoms with Crippen LogP contribution < -0.4 is 5.32 Å². The Hall–Kier alpha value is -1.82. The van der Waals surface area contributed by atoms with Gasteiger partial charge in [-0.05, 0) is 31.0 Å². The Morgan fingerprint density at radius 2 is 2.17 bits per heavy atom. The van der Waals surface area contributed by atoms with E-state index < -0.39 is 11.7 Å². The number of hydrogen-bond donors (Lipinski definition) is 1. The van der Waals surface area contributed by atoms with Crippen LogP contribution in [0.4, 0.5) is 13.2 Å². The van der Waals surface area contributed by atoms with E-state index in [0.717, 1.165) is 25.0 Å². The summed E-state index contributed by atoms with van der Waals surface area (Å²) in [7, 11) is 0. The van der Waals surface area contributed by atoms with Gasteiger partial charge in [-0.2, -0.15) is 13.2 Å². The highest BCUT2D eigenvalue weighted by Crippen LogP contribution is 2.29. The van der Waals surface area contributed by atoms with Crippen LogP contribution in [-0.4, -0.2) is 29.9 Å². The predicted molar refractivity (Wildman–Crippen MR) is 82.7 cm³/mol. The number of hydrogen-bond acceptors (Lipinski definition) is 2. The van der Waals surface area contributed by atoms with Gasteiger partial charge in [0.25, 0.3) is 0 Å². The lowest BCUT2D eigenvalue weighted by molar-refractivity contribution is -0.137. The molecular formula is C17H21F3N2O. The second kappa shape index (κ2) is 7.64. The fourth-order valence-electron chi connectivity index (χ4n) is 2.84. The second-order valence-electron chi connectivity index (χ2n) is 5.69. The van der Waals surface area contributed by atoms with Crippen molar-refractivity contribution < 1.29 is 18.0 Å². The normalized spacial score (nSPS) is 18.5. The molecular weight excluding hydrogens is 305 g/mol. The van der Waals surface area contributed by atoms with E-state index in [-0.39, 0.29) is 11.9 Å². The summed E-state index contributed by atoms with van der Waals surface area (Å²) < 4.78 is 37.9. The first-order chi connectivity index (χ1) is 10.9. The molecule has 0 aromatic heterocycles. The van der Waals surface area contributed by atoms with E-state index in [9.17, 15) is 18.0 Å². The third-order valence-electron chi connectivity index (χ3n) is 4.02. The van der Waals surface area contributed by atoms with Gasteiger partial charge < -0.3 is 10.2 Å². The van der Waals surface area contributed by atoms with Gasteiger partial charge in [0.05, 0.1) is 5.56 Å². The third kappa shape index (κ3) is 4.82. The van der Waals surface area contributed by atoms with Gasteiger partial charge in [0.15, 0.2) is 0 Å². The molecule has 0 radical (unpaired) electrons. The number of halogens is 3. The van der Waals surface area contributed by atoms with Crippen LogP contribution in [0.2, 0.25) is 0 Å². The maximum absolute atomic E-state index is 12.6. The molecule has 6 heteroatoms. The van der Waals surface area contributed by atoms with Crippen LogP contribution in [-0.2, 0) is 17.5 Å². The number of likely N-dealkylation sites (tertiary alicyclic amines) is 1. The minimum atomic E-state index is -4.31. The van der Waals surface area contributed by atoms with Crippen LogP contribution in [0, 0.1) is 0 Å². The average molecular weight is 326 g/mol. The van der Waals surface area contributed by atoms with Gasteiger partial charge in [-0.3, -0.25) is 4.79 Å². The molecule has 1 aromatic carbocycles. The molecule has 1 aliphatic rings. The van der Waals surface area contributed by atoms with Gasteiger partial charge in [-0.1, -0.05) is 24.3 Å². The fourth-order valence-corrected chi connectivity index (χ4v) is 2.84. The van der Waals surface area contributed by atoms with E-state index >= 15 is 0 Å². The van der Waals surface area contributed by atoms with E-state index in [1.807, 2.05) is 4.90 Å². The Labute approximate surface area is 134 Å². The van der Waals surface area contributed by atoms with E-state index in [1.54, 1.807) is 12.1 Å². The first-order valence-electron chi connectivity index (χ1n) is 7.69. The van der Waals surface area contributed by atoms with Crippen molar-refractivity contribution in [3.8, 4) is 0 Å². The molecule has 1 atom stereocenters. The monoisotopic (exact) mass is 326 g/mol. The van der Waals surface area contributed by atoms with Crippen LogP contribution in [0.5, 0.6) is 0 Å². The number of nitrogens with one attached hydrogen (secondary N) is 1. The van der Waals surface area contributed by atoms with Crippen LogP contribution >= 0.6 is 0 Å². The zero-order chi connectivity index (χ0) is 16.9. The molecule has 1 unspecified atom stereocenters. The molecule has 1 saturated heterocycles. The van der Waals surface area contributed by atoms with Crippen molar-refractivity contribution in [1.82, 2.24) is 10.2 Å². The molecule has 23 heavy (non-hydrogen) atoms. The Morgan fingerprint density at radius 3 is 2.87 bits per heavy atom. The fraction of sp³-hybridized carbons (Fsp3) is 0.471. The lowest BCUT2D eigenvalue weighted by Crippen LogP contribution is -2.35. The Kier molecular flexibility index (Phi) is 5.82. The molecule has 126 valence electrons. The maximum Gasteiger partial charge on any atom is 0.416 e. The largest absolute Gasteiger partial charge is 0.416 e. The number of benzene rings is 1. The number of amides is 1. The Morgan fingerprint density at radius 1 is 1.39 bits per heavy atom. The van der Waals surface area contributed by atoms with E-state index in [1.165, 1.54) is 6.07 Å². The summed E-state index contributed by atoms with van der Waals surface area (Å²) in [5.41, 5.74) is -0.0272. The summed E-state index contributed by atoms with van der Waals surface area (Å²) in [5.74, 6) is 0.146. The zero-order valence-electron chi connectivity index (χ0n) is 12.9. The summed E-state index contributed by atoms with van der Waals surface area (Å²) in [6, 6.07) is 5.51. The lowest BCUT2D eigenvalue weighted by Gasteiger charge is -2.23. The highest BCUT2D eigenvalue weighted by atomic mass is 19.4. The molecule has 1 aliphatic heterocycles. The molecule has 2 rings (SSSR count). The number of nitrogens with zero attached hydrogens (tertiary/aromatic N) is 1. The minimum absolute atomic E-state index is 0.146. The van der Waals surface area contributed by atoms with Crippen molar-refractivity contribution in [1.29, 1.82) is 0 Å². The van der Waals surface area contributed by atoms with Crippen LogP contribution in [0.25, 0.3) is 0 Å². The molecule has 3 nitrogen and oxygen atoms in total. The smallest absolute Gasteiger partial charge is 0.336 e.